The third-order valence-corrected chi connectivity index (χ3v) is 4.36. The molecule has 2 rings (SSSR count). The first kappa shape index (κ1) is 16.5. The van der Waals surface area contributed by atoms with Gasteiger partial charge < -0.3 is 9.73 Å². The fourth-order valence-electron chi connectivity index (χ4n) is 2.80. The lowest BCUT2D eigenvalue weighted by molar-refractivity contribution is 0.0328. The van der Waals surface area contributed by atoms with Crippen molar-refractivity contribution in [3.8, 4) is 0 Å². The van der Waals surface area contributed by atoms with Gasteiger partial charge in [-0.2, -0.15) is 0 Å². The molecule has 21 heavy (non-hydrogen) atoms. The van der Waals surface area contributed by atoms with Crippen LogP contribution in [0.4, 0.5) is 0 Å². The highest BCUT2D eigenvalue weighted by Crippen LogP contribution is 2.21. The summed E-state index contributed by atoms with van der Waals surface area (Å²) < 4.78 is 5.72. The Kier molecular flexibility index (Phi) is 5.47. The minimum atomic E-state index is 0.243. The summed E-state index contributed by atoms with van der Waals surface area (Å²) >= 11 is 0. The van der Waals surface area contributed by atoms with Gasteiger partial charge in [-0.15, -0.1) is 0 Å². The second-order valence-corrected chi connectivity index (χ2v) is 7.39. The highest BCUT2D eigenvalue weighted by atomic mass is 16.3. The van der Waals surface area contributed by atoms with Crippen LogP contribution in [0.2, 0.25) is 0 Å². The molecule has 4 nitrogen and oxygen atoms in total. The molecule has 2 heterocycles. The second kappa shape index (κ2) is 6.95. The van der Waals surface area contributed by atoms with Gasteiger partial charge in [-0.1, -0.05) is 13.8 Å². The molecule has 1 saturated heterocycles. The number of hydrogen-bond acceptors (Lipinski definition) is 4. The molecule has 1 aliphatic rings. The van der Waals surface area contributed by atoms with Crippen molar-refractivity contribution < 1.29 is 4.42 Å². The van der Waals surface area contributed by atoms with E-state index in [9.17, 15) is 0 Å². The van der Waals surface area contributed by atoms with Gasteiger partial charge in [0.1, 0.15) is 5.76 Å². The standard InChI is InChI=1S/C17H31N3O/c1-14(2)9-18-10-15-8-16(21-12-15)11-20-7-6-19(5)17(3,4)13-20/h8,12,14,18H,6-7,9-11,13H2,1-5H3. The molecule has 1 fully saturated rings. The number of nitrogens with zero attached hydrogens (tertiary/aromatic N) is 2. The SMILES string of the molecule is CC(C)CNCc1coc(CN2CCN(C)C(C)(C)C2)c1. The maximum Gasteiger partial charge on any atom is 0.118 e. The number of piperazine rings is 1. The molecular weight excluding hydrogens is 262 g/mol. The molecule has 0 bridgehead atoms. The van der Waals surface area contributed by atoms with Gasteiger partial charge in [-0.05, 0) is 39.4 Å². The van der Waals surface area contributed by atoms with Crippen molar-refractivity contribution in [3.63, 3.8) is 0 Å². The van der Waals surface area contributed by atoms with Gasteiger partial charge in [0.05, 0.1) is 12.8 Å². The summed E-state index contributed by atoms with van der Waals surface area (Å²) in [5, 5.41) is 3.46. The molecule has 1 aliphatic heterocycles. The summed E-state index contributed by atoms with van der Waals surface area (Å²) in [4.78, 5) is 4.93. The van der Waals surface area contributed by atoms with Gasteiger partial charge in [0.15, 0.2) is 0 Å². The number of rotatable bonds is 6. The smallest absolute Gasteiger partial charge is 0.118 e. The van der Waals surface area contributed by atoms with Crippen molar-refractivity contribution >= 4 is 0 Å². The molecule has 120 valence electrons. The quantitative estimate of drug-likeness (QED) is 0.873. The first-order valence-corrected chi connectivity index (χ1v) is 8.07. The average Bonchev–Trinajstić information content (AvgIpc) is 2.81. The summed E-state index contributed by atoms with van der Waals surface area (Å²) in [5.74, 6) is 1.76. The molecule has 0 atom stereocenters. The molecule has 0 amide bonds. The van der Waals surface area contributed by atoms with Crippen molar-refractivity contribution in [3.05, 3.63) is 23.7 Å². The molecule has 0 aromatic carbocycles. The second-order valence-electron chi connectivity index (χ2n) is 7.39. The molecule has 0 aliphatic carbocycles. The third kappa shape index (κ3) is 4.83. The van der Waals surface area contributed by atoms with Crippen molar-refractivity contribution in [1.29, 1.82) is 0 Å². The summed E-state index contributed by atoms with van der Waals surface area (Å²) in [7, 11) is 2.21. The van der Waals surface area contributed by atoms with Crippen LogP contribution in [0.3, 0.4) is 0 Å². The third-order valence-electron chi connectivity index (χ3n) is 4.36. The molecule has 0 saturated carbocycles. The lowest BCUT2D eigenvalue weighted by Gasteiger charge is -2.45. The van der Waals surface area contributed by atoms with Crippen LogP contribution >= 0.6 is 0 Å². The molecule has 1 N–H and O–H groups in total. The molecule has 0 unspecified atom stereocenters. The van der Waals surface area contributed by atoms with Crippen LogP contribution in [0.25, 0.3) is 0 Å². The number of likely N-dealkylation sites (N-methyl/N-ethyl adjacent to an activating group) is 1. The Balaban J connectivity index is 1.82. The maximum atomic E-state index is 5.72. The van der Waals surface area contributed by atoms with Gasteiger partial charge in [-0.3, -0.25) is 9.80 Å². The summed E-state index contributed by atoms with van der Waals surface area (Å²) in [6, 6.07) is 2.19. The average molecular weight is 293 g/mol. The lowest BCUT2D eigenvalue weighted by Crippen LogP contribution is -2.57. The van der Waals surface area contributed by atoms with E-state index in [0.717, 1.165) is 45.0 Å². The lowest BCUT2D eigenvalue weighted by atomic mass is 10.00. The van der Waals surface area contributed by atoms with E-state index in [1.54, 1.807) is 0 Å². The van der Waals surface area contributed by atoms with Crippen LogP contribution in [0.5, 0.6) is 0 Å². The molecule has 1 aromatic rings. The normalized spacial score (nSPS) is 20.3. The van der Waals surface area contributed by atoms with Crippen molar-refractivity contribution in [2.45, 2.75) is 46.3 Å². The molecular formula is C17H31N3O. The van der Waals surface area contributed by atoms with E-state index in [0.29, 0.717) is 5.92 Å². The van der Waals surface area contributed by atoms with Crippen LogP contribution in [0.15, 0.2) is 16.7 Å². The van der Waals surface area contributed by atoms with E-state index in [1.807, 2.05) is 6.26 Å². The largest absolute Gasteiger partial charge is 0.468 e. The van der Waals surface area contributed by atoms with E-state index in [4.69, 9.17) is 4.42 Å². The van der Waals surface area contributed by atoms with E-state index in [-0.39, 0.29) is 5.54 Å². The molecule has 4 heteroatoms. The fraction of sp³-hybridized carbons (Fsp3) is 0.765. The van der Waals surface area contributed by atoms with Gasteiger partial charge in [0.25, 0.3) is 0 Å². The number of hydrogen-bond donors (Lipinski definition) is 1. The maximum absolute atomic E-state index is 5.72. The highest BCUT2D eigenvalue weighted by molar-refractivity contribution is 5.13. The van der Waals surface area contributed by atoms with E-state index < -0.39 is 0 Å². The van der Waals surface area contributed by atoms with Crippen molar-refractivity contribution in [2.24, 2.45) is 5.92 Å². The molecule has 0 radical (unpaired) electrons. The van der Waals surface area contributed by atoms with Gasteiger partial charge in [-0.25, -0.2) is 0 Å². The van der Waals surface area contributed by atoms with Gasteiger partial charge in [0, 0.05) is 37.3 Å². The first-order valence-electron chi connectivity index (χ1n) is 8.07. The van der Waals surface area contributed by atoms with Gasteiger partial charge in [0.2, 0.25) is 0 Å². The first-order chi connectivity index (χ1) is 9.87. The Morgan fingerprint density at radius 1 is 1.33 bits per heavy atom. The Bertz CT molecular complexity index is 439. The zero-order valence-corrected chi connectivity index (χ0v) is 14.3. The summed E-state index contributed by atoms with van der Waals surface area (Å²) in [6.07, 6.45) is 1.89. The topological polar surface area (TPSA) is 31.7 Å². The highest BCUT2D eigenvalue weighted by Gasteiger charge is 2.31. The molecule has 0 spiro atoms. The Morgan fingerprint density at radius 2 is 2.10 bits per heavy atom. The predicted octanol–water partition coefficient (Wildman–Crippen LogP) is 2.55. The summed E-state index contributed by atoms with van der Waals surface area (Å²) in [5.41, 5.74) is 1.49. The minimum Gasteiger partial charge on any atom is -0.468 e. The van der Waals surface area contributed by atoms with Crippen LogP contribution in [-0.2, 0) is 13.1 Å². The van der Waals surface area contributed by atoms with Crippen molar-refractivity contribution in [1.82, 2.24) is 15.1 Å². The van der Waals surface area contributed by atoms with Crippen LogP contribution in [0.1, 0.15) is 39.0 Å². The van der Waals surface area contributed by atoms with Crippen LogP contribution < -0.4 is 5.32 Å². The van der Waals surface area contributed by atoms with E-state index >= 15 is 0 Å². The van der Waals surface area contributed by atoms with Gasteiger partial charge >= 0.3 is 0 Å². The monoisotopic (exact) mass is 293 g/mol. The van der Waals surface area contributed by atoms with E-state index in [2.05, 4.69) is 55.9 Å². The zero-order valence-electron chi connectivity index (χ0n) is 14.3. The number of nitrogens with one attached hydrogen (secondary N) is 1. The summed E-state index contributed by atoms with van der Waals surface area (Å²) in [6.45, 7) is 15.3. The van der Waals surface area contributed by atoms with E-state index in [1.165, 1.54) is 5.56 Å². The Hall–Kier alpha value is -0.840. The van der Waals surface area contributed by atoms with Crippen molar-refractivity contribution in [2.75, 3.05) is 33.2 Å². The van der Waals surface area contributed by atoms with Crippen LogP contribution in [0, 0.1) is 5.92 Å². The predicted molar refractivity (Wildman–Crippen MR) is 87.2 cm³/mol. The Labute approximate surface area is 129 Å². The zero-order chi connectivity index (χ0) is 15.5. The Morgan fingerprint density at radius 3 is 2.76 bits per heavy atom. The van der Waals surface area contributed by atoms with Crippen LogP contribution in [-0.4, -0.2) is 48.6 Å². The fourth-order valence-corrected chi connectivity index (χ4v) is 2.80. The number of furan rings is 1. The minimum absolute atomic E-state index is 0.243. The molecule has 1 aromatic heterocycles.